The van der Waals surface area contributed by atoms with Crippen LogP contribution in [0.2, 0.25) is 0 Å². The van der Waals surface area contributed by atoms with E-state index in [0.717, 1.165) is 12.3 Å². The fraction of sp³-hybridized carbons (Fsp3) is 0.462. The van der Waals surface area contributed by atoms with Crippen molar-refractivity contribution in [1.29, 1.82) is 0 Å². The van der Waals surface area contributed by atoms with Crippen LogP contribution < -0.4 is 10.1 Å². The molecule has 1 aromatic heterocycles. The number of alkyl carbamates (subject to hydrolysis) is 1. The number of nitrogens with zero attached hydrogens (tertiary/aromatic N) is 2. The maximum absolute atomic E-state index is 11.6. The van der Waals surface area contributed by atoms with E-state index in [9.17, 15) is 19.7 Å². The lowest BCUT2D eigenvalue weighted by molar-refractivity contribution is -0.386. The van der Waals surface area contributed by atoms with Crippen LogP contribution in [0.4, 0.5) is 10.5 Å². The highest BCUT2D eigenvalue weighted by Gasteiger charge is 2.26. The van der Waals surface area contributed by atoms with Crippen molar-refractivity contribution in [2.75, 3.05) is 6.61 Å². The standard InChI is InChI=1S/C13H17N3O7/c1-13(2,3)23-12(19)15-8(11(17)18)7-22-10-6-14-5-4-9(10)16(20)21/h4-6,8H,7H2,1-3H3,(H,15,19)(H,17,18). The van der Waals surface area contributed by atoms with Gasteiger partial charge < -0.3 is 19.9 Å². The Kier molecular flexibility index (Phi) is 5.82. The van der Waals surface area contributed by atoms with Gasteiger partial charge in [-0.1, -0.05) is 0 Å². The van der Waals surface area contributed by atoms with Gasteiger partial charge in [-0.2, -0.15) is 0 Å². The molecule has 10 nitrogen and oxygen atoms in total. The average molecular weight is 327 g/mol. The Bertz CT molecular complexity index is 597. The van der Waals surface area contributed by atoms with Gasteiger partial charge in [-0.25, -0.2) is 9.59 Å². The summed E-state index contributed by atoms with van der Waals surface area (Å²) in [6.07, 6.45) is 1.36. The summed E-state index contributed by atoms with van der Waals surface area (Å²) in [5, 5.41) is 22.0. The van der Waals surface area contributed by atoms with E-state index in [1.54, 1.807) is 20.8 Å². The van der Waals surface area contributed by atoms with Crippen LogP contribution in [-0.2, 0) is 9.53 Å². The lowest BCUT2D eigenvalue weighted by Crippen LogP contribution is -2.46. The number of aromatic nitrogens is 1. The summed E-state index contributed by atoms with van der Waals surface area (Å²) in [6.45, 7) is 4.34. The fourth-order valence-electron chi connectivity index (χ4n) is 1.43. The van der Waals surface area contributed by atoms with E-state index in [1.807, 2.05) is 0 Å². The zero-order valence-corrected chi connectivity index (χ0v) is 12.8. The molecule has 0 aliphatic heterocycles. The van der Waals surface area contributed by atoms with E-state index in [-0.39, 0.29) is 11.4 Å². The molecule has 0 fully saturated rings. The van der Waals surface area contributed by atoms with Gasteiger partial charge in [0.05, 0.1) is 11.1 Å². The van der Waals surface area contributed by atoms with Gasteiger partial charge in [0, 0.05) is 12.3 Å². The number of aliphatic carboxylic acids is 1. The molecule has 0 aliphatic carbocycles. The van der Waals surface area contributed by atoms with E-state index in [4.69, 9.17) is 14.6 Å². The van der Waals surface area contributed by atoms with E-state index >= 15 is 0 Å². The molecular formula is C13H17N3O7. The number of ether oxygens (including phenoxy) is 2. The van der Waals surface area contributed by atoms with Gasteiger partial charge >= 0.3 is 17.7 Å². The molecule has 10 heteroatoms. The zero-order valence-electron chi connectivity index (χ0n) is 12.8. The molecule has 1 unspecified atom stereocenters. The minimum absolute atomic E-state index is 0.199. The van der Waals surface area contributed by atoms with Gasteiger partial charge in [0.1, 0.15) is 12.2 Å². The second-order valence-corrected chi connectivity index (χ2v) is 5.45. The summed E-state index contributed by atoms with van der Waals surface area (Å²) in [4.78, 5) is 36.5. The second kappa shape index (κ2) is 7.38. The first-order chi connectivity index (χ1) is 10.6. The highest BCUT2D eigenvalue weighted by Crippen LogP contribution is 2.24. The second-order valence-electron chi connectivity index (χ2n) is 5.45. The minimum atomic E-state index is -1.44. The van der Waals surface area contributed by atoms with Crippen LogP contribution in [0.3, 0.4) is 0 Å². The van der Waals surface area contributed by atoms with E-state index in [2.05, 4.69) is 10.3 Å². The Hall–Kier alpha value is -2.91. The molecule has 23 heavy (non-hydrogen) atoms. The summed E-state index contributed by atoms with van der Waals surface area (Å²) in [7, 11) is 0. The first-order valence-corrected chi connectivity index (χ1v) is 6.53. The Balaban J connectivity index is 2.73. The lowest BCUT2D eigenvalue weighted by atomic mass is 10.2. The number of hydrogen-bond acceptors (Lipinski definition) is 7. The predicted molar refractivity (Wildman–Crippen MR) is 77.2 cm³/mol. The van der Waals surface area contributed by atoms with Crippen molar-refractivity contribution < 1.29 is 29.1 Å². The third-order valence-corrected chi connectivity index (χ3v) is 2.35. The number of carbonyl (C=O) groups is 2. The molecule has 126 valence electrons. The molecule has 0 saturated carbocycles. The largest absolute Gasteiger partial charge is 0.483 e. The van der Waals surface area contributed by atoms with Gasteiger partial charge in [-0.3, -0.25) is 15.1 Å². The van der Waals surface area contributed by atoms with Crippen molar-refractivity contribution in [2.24, 2.45) is 0 Å². The number of nitro groups is 1. The number of amides is 1. The molecule has 0 aliphatic rings. The Morgan fingerprint density at radius 3 is 2.65 bits per heavy atom. The molecule has 1 amide bonds. The van der Waals surface area contributed by atoms with Gasteiger partial charge in [0.15, 0.2) is 6.04 Å². The van der Waals surface area contributed by atoms with E-state index in [1.165, 1.54) is 6.20 Å². The Morgan fingerprint density at radius 1 is 1.48 bits per heavy atom. The van der Waals surface area contributed by atoms with Gasteiger partial charge in [-0.15, -0.1) is 0 Å². The lowest BCUT2D eigenvalue weighted by Gasteiger charge is -2.22. The zero-order chi connectivity index (χ0) is 17.6. The Labute approximate surface area is 131 Å². The van der Waals surface area contributed by atoms with Crippen molar-refractivity contribution in [3.05, 3.63) is 28.6 Å². The van der Waals surface area contributed by atoms with Crippen LogP contribution in [-0.4, -0.2) is 45.3 Å². The monoisotopic (exact) mass is 327 g/mol. The first kappa shape index (κ1) is 18.1. The molecule has 1 aromatic rings. The van der Waals surface area contributed by atoms with Crippen LogP contribution in [0.1, 0.15) is 20.8 Å². The molecule has 0 radical (unpaired) electrons. The van der Waals surface area contributed by atoms with Gasteiger partial charge in [0.2, 0.25) is 5.75 Å². The molecule has 1 atom stereocenters. The quantitative estimate of drug-likeness (QED) is 0.589. The van der Waals surface area contributed by atoms with Crippen LogP contribution >= 0.6 is 0 Å². The summed E-state index contributed by atoms with van der Waals surface area (Å²) in [5.74, 6) is -1.57. The number of carboxylic acids is 1. The third kappa shape index (κ3) is 6.16. The van der Waals surface area contributed by atoms with E-state index in [0.29, 0.717) is 0 Å². The average Bonchev–Trinajstić information content (AvgIpc) is 2.41. The third-order valence-electron chi connectivity index (χ3n) is 2.35. The minimum Gasteiger partial charge on any atom is -0.483 e. The topological polar surface area (TPSA) is 141 Å². The molecule has 0 bridgehead atoms. The van der Waals surface area contributed by atoms with Crippen LogP contribution in [0.25, 0.3) is 0 Å². The number of rotatable bonds is 6. The van der Waals surface area contributed by atoms with Gasteiger partial charge in [0.25, 0.3) is 0 Å². The van der Waals surface area contributed by atoms with E-state index < -0.39 is 35.2 Å². The van der Waals surface area contributed by atoms with Crippen molar-refractivity contribution in [3.8, 4) is 5.75 Å². The molecule has 1 rings (SSSR count). The molecular weight excluding hydrogens is 310 g/mol. The van der Waals surface area contributed by atoms with Gasteiger partial charge in [-0.05, 0) is 20.8 Å². The number of carboxylic acid groups (broad SMARTS) is 1. The van der Waals surface area contributed by atoms with Crippen molar-refractivity contribution in [1.82, 2.24) is 10.3 Å². The van der Waals surface area contributed by atoms with Crippen LogP contribution in [0.5, 0.6) is 5.75 Å². The fourth-order valence-corrected chi connectivity index (χ4v) is 1.43. The number of carbonyl (C=O) groups excluding carboxylic acids is 1. The number of hydrogen-bond donors (Lipinski definition) is 2. The summed E-state index contributed by atoms with van der Waals surface area (Å²) < 4.78 is 10.0. The smallest absolute Gasteiger partial charge is 0.408 e. The van der Waals surface area contributed by atoms with Crippen molar-refractivity contribution in [3.63, 3.8) is 0 Å². The summed E-state index contributed by atoms with van der Waals surface area (Å²) in [5.41, 5.74) is -1.16. The highest BCUT2D eigenvalue weighted by molar-refractivity contribution is 5.80. The number of nitrogens with one attached hydrogen (secondary N) is 1. The van der Waals surface area contributed by atoms with Crippen molar-refractivity contribution in [2.45, 2.75) is 32.4 Å². The molecule has 2 N–H and O–H groups in total. The summed E-state index contributed by atoms with van der Waals surface area (Å²) in [6, 6.07) is -0.323. The SMILES string of the molecule is CC(C)(C)OC(=O)NC(COc1cnccc1[N+](=O)[O-])C(=O)O. The predicted octanol–water partition coefficient (Wildman–Crippen LogP) is 1.35. The molecule has 0 saturated heterocycles. The van der Waals surface area contributed by atoms with Crippen molar-refractivity contribution >= 4 is 17.7 Å². The first-order valence-electron chi connectivity index (χ1n) is 6.53. The number of pyridine rings is 1. The van der Waals surface area contributed by atoms with Crippen LogP contribution in [0, 0.1) is 10.1 Å². The molecule has 0 spiro atoms. The molecule has 0 aromatic carbocycles. The maximum Gasteiger partial charge on any atom is 0.408 e. The highest BCUT2D eigenvalue weighted by atomic mass is 16.6. The maximum atomic E-state index is 11.6. The molecule has 1 heterocycles. The normalized spacial score (nSPS) is 12.1. The Morgan fingerprint density at radius 2 is 2.13 bits per heavy atom. The van der Waals surface area contributed by atoms with Crippen LogP contribution in [0.15, 0.2) is 18.5 Å². The summed E-state index contributed by atoms with van der Waals surface area (Å²) >= 11 is 0.